The minimum atomic E-state index is -0.596. The highest BCUT2D eigenvalue weighted by molar-refractivity contribution is 5.95. The molecule has 0 aromatic carbocycles. The second kappa shape index (κ2) is 4.52. The zero-order valence-corrected chi connectivity index (χ0v) is 9.06. The Morgan fingerprint density at radius 3 is 3.00 bits per heavy atom. The highest BCUT2D eigenvalue weighted by Gasteiger charge is 2.17. The predicted octanol–water partition coefficient (Wildman–Crippen LogP) is 0.133. The molecule has 1 aliphatic heterocycles. The largest absolute Gasteiger partial charge is 0.396 e. The molecule has 2 heterocycles. The Morgan fingerprint density at radius 2 is 2.44 bits per heavy atom. The van der Waals surface area contributed by atoms with Gasteiger partial charge in [0.1, 0.15) is 0 Å². The number of nitrogen functional groups attached to an aromatic ring is 1. The van der Waals surface area contributed by atoms with Crippen LogP contribution < -0.4 is 11.5 Å². The molecule has 1 aromatic heterocycles. The standard InChI is InChI=1S/C10H16N4O2/c11-8-6-14(13-9(8)10(12)15)5-7-3-1-2-4-16-7/h6-7H,1-5,11H2,(H2,12,15). The topological polar surface area (TPSA) is 96.2 Å². The van der Waals surface area contributed by atoms with Crippen molar-refractivity contribution in [1.82, 2.24) is 9.78 Å². The highest BCUT2D eigenvalue weighted by atomic mass is 16.5. The maximum atomic E-state index is 11.0. The van der Waals surface area contributed by atoms with Gasteiger partial charge in [-0.3, -0.25) is 9.48 Å². The summed E-state index contributed by atoms with van der Waals surface area (Å²) >= 11 is 0. The summed E-state index contributed by atoms with van der Waals surface area (Å²) in [6, 6.07) is 0. The number of ether oxygens (including phenoxy) is 1. The summed E-state index contributed by atoms with van der Waals surface area (Å²) in [4.78, 5) is 11.0. The van der Waals surface area contributed by atoms with Crippen molar-refractivity contribution in [1.29, 1.82) is 0 Å². The van der Waals surface area contributed by atoms with E-state index in [9.17, 15) is 4.79 Å². The van der Waals surface area contributed by atoms with Crippen molar-refractivity contribution in [3.8, 4) is 0 Å². The molecule has 4 N–H and O–H groups in total. The Hall–Kier alpha value is -1.56. The summed E-state index contributed by atoms with van der Waals surface area (Å²) < 4.78 is 7.20. The maximum absolute atomic E-state index is 11.0. The van der Waals surface area contributed by atoms with Crippen molar-refractivity contribution in [2.45, 2.75) is 31.9 Å². The molecular weight excluding hydrogens is 208 g/mol. The molecule has 0 bridgehead atoms. The van der Waals surface area contributed by atoms with Crippen LogP contribution in [0.3, 0.4) is 0 Å². The molecule has 1 amide bonds. The number of nitrogens with zero attached hydrogens (tertiary/aromatic N) is 2. The van der Waals surface area contributed by atoms with Crippen LogP contribution in [0.15, 0.2) is 6.20 Å². The Labute approximate surface area is 93.5 Å². The smallest absolute Gasteiger partial charge is 0.271 e. The van der Waals surface area contributed by atoms with Gasteiger partial charge in [-0.25, -0.2) is 0 Å². The Balaban J connectivity index is 2.03. The Kier molecular flexibility index (Phi) is 3.09. The van der Waals surface area contributed by atoms with E-state index in [1.165, 1.54) is 6.42 Å². The predicted molar refractivity (Wildman–Crippen MR) is 58.7 cm³/mol. The molecule has 0 spiro atoms. The Bertz CT molecular complexity index is 382. The van der Waals surface area contributed by atoms with Crippen LogP contribution in [0.4, 0.5) is 5.69 Å². The molecule has 1 aliphatic rings. The lowest BCUT2D eigenvalue weighted by molar-refractivity contribution is 0.00394. The van der Waals surface area contributed by atoms with E-state index in [1.807, 2.05) is 0 Å². The van der Waals surface area contributed by atoms with Crippen molar-refractivity contribution in [3.63, 3.8) is 0 Å². The molecule has 0 saturated carbocycles. The van der Waals surface area contributed by atoms with Crippen LogP contribution in [0.2, 0.25) is 0 Å². The van der Waals surface area contributed by atoms with Gasteiger partial charge >= 0.3 is 0 Å². The number of anilines is 1. The third kappa shape index (κ3) is 2.33. The van der Waals surface area contributed by atoms with Gasteiger partial charge in [-0.1, -0.05) is 0 Å². The van der Waals surface area contributed by atoms with Gasteiger partial charge in [0.2, 0.25) is 0 Å². The lowest BCUT2D eigenvalue weighted by Crippen LogP contribution is -2.25. The minimum Gasteiger partial charge on any atom is -0.396 e. The van der Waals surface area contributed by atoms with Crippen LogP contribution in [-0.2, 0) is 11.3 Å². The van der Waals surface area contributed by atoms with Crippen LogP contribution in [0.1, 0.15) is 29.8 Å². The minimum absolute atomic E-state index is 0.135. The maximum Gasteiger partial charge on any atom is 0.271 e. The second-order valence-corrected chi connectivity index (χ2v) is 4.01. The molecule has 16 heavy (non-hydrogen) atoms. The molecule has 88 valence electrons. The van der Waals surface area contributed by atoms with Crippen LogP contribution in [0.5, 0.6) is 0 Å². The van der Waals surface area contributed by atoms with Gasteiger partial charge in [0, 0.05) is 12.8 Å². The summed E-state index contributed by atoms with van der Waals surface area (Å²) in [5.74, 6) is -0.596. The summed E-state index contributed by atoms with van der Waals surface area (Å²) in [6.07, 6.45) is 5.09. The van der Waals surface area contributed by atoms with Crippen molar-refractivity contribution in [3.05, 3.63) is 11.9 Å². The number of hydrogen-bond donors (Lipinski definition) is 2. The highest BCUT2D eigenvalue weighted by Crippen LogP contribution is 2.15. The third-order valence-corrected chi connectivity index (χ3v) is 2.69. The number of nitrogens with two attached hydrogens (primary N) is 2. The number of aromatic nitrogens is 2. The second-order valence-electron chi connectivity index (χ2n) is 4.01. The number of carbonyl (C=O) groups is 1. The van der Waals surface area contributed by atoms with Gasteiger partial charge in [-0.15, -0.1) is 0 Å². The monoisotopic (exact) mass is 224 g/mol. The fourth-order valence-corrected chi connectivity index (χ4v) is 1.88. The zero-order chi connectivity index (χ0) is 11.5. The lowest BCUT2D eigenvalue weighted by atomic mass is 10.1. The van der Waals surface area contributed by atoms with E-state index in [0.717, 1.165) is 19.4 Å². The lowest BCUT2D eigenvalue weighted by Gasteiger charge is -2.22. The molecule has 0 radical (unpaired) electrons. The molecule has 2 rings (SSSR count). The molecule has 1 saturated heterocycles. The van der Waals surface area contributed by atoms with Crippen LogP contribution >= 0.6 is 0 Å². The van der Waals surface area contributed by atoms with E-state index >= 15 is 0 Å². The van der Waals surface area contributed by atoms with E-state index < -0.39 is 5.91 Å². The van der Waals surface area contributed by atoms with Crippen LogP contribution in [0, 0.1) is 0 Å². The normalized spacial score (nSPS) is 20.9. The molecule has 0 aliphatic carbocycles. The Morgan fingerprint density at radius 1 is 1.62 bits per heavy atom. The van der Waals surface area contributed by atoms with Gasteiger partial charge in [0.25, 0.3) is 5.91 Å². The average molecular weight is 224 g/mol. The summed E-state index contributed by atoms with van der Waals surface area (Å²) in [5, 5.41) is 4.04. The fourth-order valence-electron chi connectivity index (χ4n) is 1.88. The number of primary amides is 1. The van der Waals surface area contributed by atoms with Gasteiger partial charge < -0.3 is 16.2 Å². The molecule has 6 heteroatoms. The first-order chi connectivity index (χ1) is 7.66. The van der Waals surface area contributed by atoms with Crippen LogP contribution in [-0.4, -0.2) is 28.4 Å². The van der Waals surface area contributed by atoms with Crippen molar-refractivity contribution >= 4 is 11.6 Å². The molecular formula is C10H16N4O2. The van der Waals surface area contributed by atoms with Gasteiger partial charge in [0.15, 0.2) is 5.69 Å². The summed E-state index contributed by atoms with van der Waals surface area (Å²) in [5.41, 5.74) is 11.2. The molecule has 6 nitrogen and oxygen atoms in total. The quantitative estimate of drug-likeness (QED) is 0.762. The van der Waals surface area contributed by atoms with E-state index in [2.05, 4.69) is 5.10 Å². The summed E-state index contributed by atoms with van der Waals surface area (Å²) in [6.45, 7) is 1.42. The van der Waals surface area contributed by atoms with E-state index in [4.69, 9.17) is 16.2 Å². The average Bonchev–Trinajstić information content (AvgIpc) is 2.61. The first kappa shape index (κ1) is 10.9. The first-order valence-corrected chi connectivity index (χ1v) is 5.41. The van der Waals surface area contributed by atoms with Crippen molar-refractivity contribution in [2.24, 2.45) is 5.73 Å². The van der Waals surface area contributed by atoms with Gasteiger partial charge in [-0.05, 0) is 19.3 Å². The SMILES string of the molecule is NC(=O)c1nn(CC2CCCCO2)cc1N. The van der Waals surface area contributed by atoms with Gasteiger partial charge in [-0.2, -0.15) is 5.10 Å². The molecule has 1 fully saturated rings. The van der Waals surface area contributed by atoms with E-state index in [1.54, 1.807) is 10.9 Å². The van der Waals surface area contributed by atoms with Gasteiger partial charge in [0.05, 0.1) is 18.3 Å². The van der Waals surface area contributed by atoms with Crippen LogP contribution in [0.25, 0.3) is 0 Å². The molecule has 1 aromatic rings. The van der Waals surface area contributed by atoms with E-state index in [-0.39, 0.29) is 11.8 Å². The number of hydrogen-bond acceptors (Lipinski definition) is 4. The zero-order valence-electron chi connectivity index (χ0n) is 9.06. The number of rotatable bonds is 3. The van der Waals surface area contributed by atoms with Crippen molar-refractivity contribution < 1.29 is 9.53 Å². The summed E-state index contributed by atoms with van der Waals surface area (Å²) in [7, 11) is 0. The third-order valence-electron chi connectivity index (χ3n) is 2.69. The first-order valence-electron chi connectivity index (χ1n) is 5.41. The number of carbonyl (C=O) groups excluding carboxylic acids is 1. The van der Waals surface area contributed by atoms with Crippen molar-refractivity contribution in [2.75, 3.05) is 12.3 Å². The molecule has 1 unspecified atom stereocenters. The van der Waals surface area contributed by atoms with E-state index in [0.29, 0.717) is 12.2 Å². The molecule has 1 atom stereocenters. The number of amides is 1. The fraction of sp³-hybridized carbons (Fsp3) is 0.600.